The number of ether oxygens (including phenoxy) is 3. The molecular weight excluding hydrogens is 348 g/mol. The molecule has 0 saturated carbocycles. The van der Waals surface area contributed by atoms with E-state index in [-0.39, 0.29) is 11.8 Å². The maximum absolute atomic E-state index is 12.3. The number of amides is 2. The van der Waals surface area contributed by atoms with Crippen LogP contribution >= 0.6 is 0 Å². The Labute approximate surface area is 158 Å². The van der Waals surface area contributed by atoms with Gasteiger partial charge in [-0.1, -0.05) is 12.1 Å². The van der Waals surface area contributed by atoms with Gasteiger partial charge in [0.15, 0.2) is 17.6 Å². The van der Waals surface area contributed by atoms with Gasteiger partial charge in [0.1, 0.15) is 0 Å². The molecular formula is C20H24N2O5. The average Bonchev–Trinajstić information content (AvgIpc) is 2.69. The van der Waals surface area contributed by atoms with Gasteiger partial charge in [-0.3, -0.25) is 9.59 Å². The van der Waals surface area contributed by atoms with E-state index in [0.717, 1.165) is 0 Å². The van der Waals surface area contributed by atoms with Crippen LogP contribution in [0.1, 0.15) is 17.3 Å². The third kappa shape index (κ3) is 6.00. The number of para-hydroxylation sites is 2. The van der Waals surface area contributed by atoms with Gasteiger partial charge in [0.2, 0.25) is 0 Å². The van der Waals surface area contributed by atoms with Gasteiger partial charge in [-0.15, -0.1) is 0 Å². The Morgan fingerprint density at radius 1 is 1.00 bits per heavy atom. The Balaban J connectivity index is 1.92. The Morgan fingerprint density at radius 3 is 2.30 bits per heavy atom. The number of carbonyl (C=O) groups excluding carboxylic acids is 2. The molecule has 1 unspecified atom stereocenters. The van der Waals surface area contributed by atoms with E-state index < -0.39 is 6.10 Å². The maximum atomic E-state index is 12.3. The fourth-order valence-electron chi connectivity index (χ4n) is 2.28. The van der Waals surface area contributed by atoms with Crippen molar-refractivity contribution >= 4 is 17.5 Å². The number of benzene rings is 2. The summed E-state index contributed by atoms with van der Waals surface area (Å²) in [6.07, 6.45) is -0.724. The number of hydrogen-bond donors (Lipinski definition) is 2. The van der Waals surface area contributed by atoms with Crippen molar-refractivity contribution in [2.45, 2.75) is 13.0 Å². The summed E-state index contributed by atoms with van der Waals surface area (Å²) in [6.45, 7) is 2.54. The predicted octanol–water partition coefficient (Wildman–Crippen LogP) is 2.48. The SMILES string of the molecule is COCCNC(=O)c1ccc(NC(=O)C(C)Oc2ccccc2OC)cc1. The molecule has 0 saturated heterocycles. The quantitative estimate of drug-likeness (QED) is 0.661. The molecule has 0 bridgehead atoms. The van der Waals surface area contributed by atoms with Crippen molar-refractivity contribution in [3.63, 3.8) is 0 Å². The van der Waals surface area contributed by atoms with E-state index in [1.165, 1.54) is 0 Å². The van der Waals surface area contributed by atoms with Crippen LogP contribution < -0.4 is 20.1 Å². The topological polar surface area (TPSA) is 85.9 Å². The van der Waals surface area contributed by atoms with Gasteiger partial charge in [-0.05, 0) is 43.3 Å². The van der Waals surface area contributed by atoms with E-state index in [0.29, 0.717) is 35.9 Å². The fraction of sp³-hybridized carbons (Fsp3) is 0.300. The summed E-state index contributed by atoms with van der Waals surface area (Å²) in [7, 11) is 3.11. The summed E-state index contributed by atoms with van der Waals surface area (Å²) in [5.74, 6) is 0.544. The molecule has 0 spiro atoms. The van der Waals surface area contributed by atoms with Crippen molar-refractivity contribution in [1.82, 2.24) is 5.32 Å². The lowest BCUT2D eigenvalue weighted by molar-refractivity contribution is -0.122. The second-order valence-corrected chi connectivity index (χ2v) is 5.73. The molecule has 0 aromatic heterocycles. The molecule has 27 heavy (non-hydrogen) atoms. The van der Waals surface area contributed by atoms with Gasteiger partial charge in [0.05, 0.1) is 13.7 Å². The third-order valence-electron chi connectivity index (χ3n) is 3.75. The molecule has 2 amide bonds. The standard InChI is InChI=1S/C20H24N2O5/c1-14(27-18-7-5-4-6-17(18)26-3)19(23)22-16-10-8-15(9-11-16)20(24)21-12-13-25-2/h4-11,14H,12-13H2,1-3H3,(H,21,24)(H,22,23). The van der Waals surface area contributed by atoms with Crippen LogP contribution in [0.3, 0.4) is 0 Å². The number of anilines is 1. The Morgan fingerprint density at radius 2 is 1.67 bits per heavy atom. The lowest BCUT2D eigenvalue weighted by atomic mass is 10.2. The summed E-state index contributed by atoms with van der Waals surface area (Å²) in [4.78, 5) is 24.3. The largest absolute Gasteiger partial charge is 0.493 e. The molecule has 0 fully saturated rings. The van der Waals surface area contributed by atoms with E-state index in [9.17, 15) is 9.59 Å². The summed E-state index contributed by atoms with van der Waals surface area (Å²) >= 11 is 0. The molecule has 7 nitrogen and oxygen atoms in total. The normalized spacial score (nSPS) is 11.4. The molecule has 2 N–H and O–H groups in total. The first-order chi connectivity index (χ1) is 13.0. The monoisotopic (exact) mass is 372 g/mol. The highest BCUT2D eigenvalue weighted by Crippen LogP contribution is 2.27. The molecule has 7 heteroatoms. The second kappa shape index (κ2) is 10.2. The van der Waals surface area contributed by atoms with Crippen molar-refractivity contribution in [3.8, 4) is 11.5 Å². The third-order valence-corrected chi connectivity index (χ3v) is 3.75. The molecule has 0 aliphatic carbocycles. The molecule has 2 aromatic rings. The van der Waals surface area contributed by atoms with Crippen molar-refractivity contribution in [1.29, 1.82) is 0 Å². The highest BCUT2D eigenvalue weighted by Gasteiger charge is 2.17. The number of carbonyl (C=O) groups is 2. The van der Waals surface area contributed by atoms with Crippen molar-refractivity contribution in [2.24, 2.45) is 0 Å². The van der Waals surface area contributed by atoms with Crippen molar-refractivity contribution in [2.75, 3.05) is 32.7 Å². The zero-order valence-electron chi connectivity index (χ0n) is 15.7. The summed E-state index contributed by atoms with van der Waals surface area (Å²) < 4.78 is 15.8. The predicted molar refractivity (Wildman–Crippen MR) is 102 cm³/mol. The smallest absolute Gasteiger partial charge is 0.265 e. The van der Waals surface area contributed by atoms with Crippen LogP contribution in [0.4, 0.5) is 5.69 Å². The summed E-state index contributed by atoms with van der Waals surface area (Å²) in [5, 5.41) is 5.49. The van der Waals surface area contributed by atoms with Crippen LogP contribution in [0, 0.1) is 0 Å². The molecule has 2 rings (SSSR count). The number of nitrogens with one attached hydrogen (secondary N) is 2. The van der Waals surface area contributed by atoms with Crippen LogP contribution in [0.15, 0.2) is 48.5 Å². The first-order valence-electron chi connectivity index (χ1n) is 8.53. The zero-order chi connectivity index (χ0) is 19.6. The van der Waals surface area contributed by atoms with E-state index >= 15 is 0 Å². The number of rotatable bonds is 9. The van der Waals surface area contributed by atoms with Gasteiger partial charge >= 0.3 is 0 Å². The fourth-order valence-corrected chi connectivity index (χ4v) is 2.28. The highest BCUT2D eigenvalue weighted by atomic mass is 16.5. The Kier molecular flexibility index (Phi) is 7.63. The van der Waals surface area contributed by atoms with E-state index in [2.05, 4.69) is 10.6 Å². The number of methoxy groups -OCH3 is 2. The molecule has 144 valence electrons. The van der Waals surface area contributed by atoms with Crippen molar-refractivity contribution < 1.29 is 23.8 Å². The Bertz CT molecular complexity index is 761. The number of hydrogen-bond acceptors (Lipinski definition) is 5. The first-order valence-corrected chi connectivity index (χ1v) is 8.53. The van der Waals surface area contributed by atoms with Crippen LogP contribution in [0.2, 0.25) is 0 Å². The van der Waals surface area contributed by atoms with Gasteiger partial charge < -0.3 is 24.8 Å². The van der Waals surface area contributed by atoms with Crippen LogP contribution in [0.25, 0.3) is 0 Å². The van der Waals surface area contributed by atoms with Crippen molar-refractivity contribution in [3.05, 3.63) is 54.1 Å². The van der Waals surface area contributed by atoms with Gasteiger partial charge in [-0.25, -0.2) is 0 Å². The minimum Gasteiger partial charge on any atom is -0.493 e. The van der Waals surface area contributed by atoms with Gasteiger partial charge in [0, 0.05) is 24.9 Å². The second-order valence-electron chi connectivity index (χ2n) is 5.73. The Hall–Kier alpha value is -3.06. The molecule has 0 radical (unpaired) electrons. The molecule has 1 atom stereocenters. The van der Waals surface area contributed by atoms with Gasteiger partial charge in [-0.2, -0.15) is 0 Å². The van der Waals surface area contributed by atoms with Crippen LogP contribution in [-0.2, 0) is 9.53 Å². The van der Waals surface area contributed by atoms with E-state index in [4.69, 9.17) is 14.2 Å². The van der Waals surface area contributed by atoms with E-state index in [1.807, 2.05) is 6.07 Å². The summed E-state index contributed by atoms with van der Waals surface area (Å²) in [5.41, 5.74) is 1.08. The maximum Gasteiger partial charge on any atom is 0.265 e. The highest BCUT2D eigenvalue weighted by molar-refractivity contribution is 5.96. The average molecular weight is 372 g/mol. The lowest BCUT2D eigenvalue weighted by Gasteiger charge is -2.16. The minimum atomic E-state index is -0.724. The molecule has 0 heterocycles. The molecule has 0 aliphatic rings. The minimum absolute atomic E-state index is 0.196. The van der Waals surface area contributed by atoms with Crippen LogP contribution in [0.5, 0.6) is 11.5 Å². The molecule has 2 aromatic carbocycles. The summed E-state index contributed by atoms with van der Waals surface area (Å²) in [6, 6.07) is 13.7. The lowest BCUT2D eigenvalue weighted by Crippen LogP contribution is -2.30. The van der Waals surface area contributed by atoms with E-state index in [1.54, 1.807) is 63.6 Å². The van der Waals surface area contributed by atoms with Crippen LogP contribution in [-0.4, -0.2) is 45.3 Å². The first kappa shape index (κ1) is 20.3. The molecule has 0 aliphatic heterocycles. The zero-order valence-corrected chi connectivity index (χ0v) is 15.7. The van der Waals surface area contributed by atoms with Gasteiger partial charge in [0.25, 0.3) is 11.8 Å².